The highest BCUT2D eigenvalue weighted by molar-refractivity contribution is 6.31. The van der Waals surface area contributed by atoms with Crippen molar-refractivity contribution in [1.29, 1.82) is 0 Å². The summed E-state index contributed by atoms with van der Waals surface area (Å²) in [6.45, 7) is 8.73. The number of hydrogen-bond acceptors (Lipinski definition) is 3. The van der Waals surface area contributed by atoms with Crippen molar-refractivity contribution in [2.75, 3.05) is 16.8 Å². The summed E-state index contributed by atoms with van der Waals surface area (Å²) in [4.78, 5) is 27.1. The molecule has 1 aliphatic heterocycles. The Labute approximate surface area is 205 Å². The van der Waals surface area contributed by atoms with Crippen LogP contribution in [0.25, 0.3) is 0 Å². The lowest BCUT2D eigenvalue weighted by Gasteiger charge is -2.19. The van der Waals surface area contributed by atoms with Crippen molar-refractivity contribution in [2.24, 2.45) is 5.92 Å². The van der Waals surface area contributed by atoms with Crippen LogP contribution in [0.1, 0.15) is 38.3 Å². The molecular weight excluding hydrogens is 448 g/mol. The maximum atomic E-state index is 12.8. The number of rotatable bonds is 5. The zero-order chi connectivity index (χ0) is 24.5. The third-order valence-electron chi connectivity index (χ3n) is 6.10. The summed E-state index contributed by atoms with van der Waals surface area (Å²) in [5, 5.41) is 3.52. The van der Waals surface area contributed by atoms with Crippen molar-refractivity contribution in [3.63, 3.8) is 0 Å². The van der Waals surface area contributed by atoms with Gasteiger partial charge in [-0.05, 0) is 72.0 Å². The van der Waals surface area contributed by atoms with Crippen LogP contribution in [-0.2, 0) is 15.0 Å². The molecule has 1 heterocycles. The molecule has 0 aliphatic carbocycles. The smallest absolute Gasteiger partial charge is 0.229 e. The van der Waals surface area contributed by atoms with Crippen LogP contribution in [0.5, 0.6) is 11.5 Å². The molecule has 0 saturated carbocycles. The van der Waals surface area contributed by atoms with Crippen molar-refractivity contribution in [1.82, 2.24) is 0 Å². The van der Waals surface area contributed by atoms with E-state index in [2.05, 4.69) is 38.2 Å². The number of benzene rings is 3. The van der Waals surface area contributed by atoms with Gasteiger partial charge in [-0.2, -0.15) is 0 Å². The van der Waals surface area contributed by atoms with Gasteiger partial charge in [0.2, 0.25) is 11.8 Å². The number of carbonyl (C=O) groups is 2. The summed E-state index contributed by atoms with van der Waals surface area (Å²) < 4.78 is 5.93. The van der Waals surface area contributed by atoms with Gasteiger partial charge in [0, 0.05) is 29.4 Å². The second kappa shape index (κ2) is 9.51. The number of carbonyl (C=O) groups excluding carboxylic acids is 2. The summed E-state index contributed by atoms with van der Waals surface area (Å²) in [6.07, 6.45) is 0.170. The predicted octanol–water partition coefficient (Wildman–Crippen LogP) is 6.73. The number of ether oxygens (including phenoxy) is 1. The summed E-state index contributed by atoms with van der Waals surface area (Å²) in [5.41, 5.74) is 3.58. The lowest BCUT2D eigenvalue weighted by Crippen LogP contribution is -2.28. The van der Waals surface area contributed by atoms with E-state index in [1.165, 1.54) is 5.56 Å². The molecule has 0 radical (unpaired) electrons. The molecule has 3 aromatic carbocycles. The average Bonchev–Trinajstić information content (AvgIpc) is 3.18. The fourth-order valence-electron chi connectivity index (χ4n) is 4.01. The normalized spacial score (nSPS) is 16.0. The molecule has 1 saturated heterocycles. The Kier molecular flexibility index (Phi) is 6.67. The first-order valence-corrected chi connectivity index (χ1v) is 11.7. The van der Waals surface area contributed by atoms with Gasteiger partial charge in [0.25, 0.3) is 0 Å². The van der Waals surface area contributed by atoms with Gasteiger partial charge in [0.05, 0.1) is 5.92 Å². The largest absolute Gasteiger partial charge is 0.457 e. The van der Waals surface area contributed by atoms with Crippen molar-refractivity contribution >= 4 is 34.8 Å². The molecule has 0 spiro atoms. The Morgan fingerprint density at radius 2 is 1.62 bits per heavy atom. The molecule has 1 fully saturated rings. The van der Waals surface area contributed by atoms with Gasteiger partial charge in [-0.1, -0.05) is 50.6 Å². The van der Waals surface area contributed by atoms with E-state index in [0.717, 1.165) is 17.0 Å². The Bertz CT molecular complexity index is 1200. The van der Waals surface area contributed by atoms with Crippen LogP contribution in [0.2, 0.25) is 5.02 Å². The van der Waals surface area contributed by atoms with Gasteiger partial charge in [0.1, 0.15) is 11.5 Å². The van der Waals surface area contributed by atoms with E-state index in [0.29, 0.717) is 23.0 Å². The number of anilines is 2. The van der Waals surface area contributed by atoms with Crippen LogP contribution in [0.15, 0.2) is 66.7 Å². The summed E-state index contributed by atoms with van der Waals surface area (Å²) in [6, 6.07) is 20.7. The quantitative estimate of drug-likeness (QED) is 0.444. The highest BCUT2D eigenvalue weighted by Gasteiger charge is 2.35. The molecule has 34 heavy (non-hydrogen) atoms. The molecule has 176 valence electrons. The van der Waals surface area contributed by atoms with Crippen molar-refractivity contribution in [2.45, 2.75) is 39.5 Å². The Balaban J connectivity index is 1.36. The van der Waals surface area contributed by atoms with Crippen LogP contribution >= 0.6 is 11.6 Å². The van der Waals surface area contributed by atoms with E-state index >= 15 is 0 Å². The standard InChI is InChI=1S/C28H29ClN2O3/c1-18-24(29)6-5-7-25(18)31-17-19(16-26(31)32)27(33)30-21-10-14-23(15-11-21)34-22-12-8-20(9-13-22)28(2,3)4/h5-15,19H,16-17H2,1-4H3,(H,30,33)/t19-/m1/s1. The maximum absolute atomic E-state index is 12.8. The van der Waals surface area contributed by atoms with Gasteiger partial charge in [-0.25, -0.2) is 0 Å². The topological polar surface area (TPSA) is 58.6 Å². The van der Waals surface area contributed by atoms with Crippen LogP contribution < -0.4 is 15.0 Å². The minimum atomic E-state index is -0.428. The van der Waals surface area contributed by atoms with Gasteiger partial charge in [0.15, 0.2) is 0 Å². The SMILES string of the molecule is Cc1c(Cl)cccc1N1C[C@H](C(=O)Nc2ccc(Oc3ccc(C(C)(C)C)cc3)cc2)CC1=O. The molecule has 1 aliphatic rings. The molecule has 1 atom stereocenters. The molecule has 0 unspecified atom stereocenters. The van der Waals surface area contributed by atoms with Gasteiger partial charge < -0.3 is 15.0 Å². The molecule has 3 aromatic rings. The van der Waals surface area contributed by atoms with Gasteiger partial charge >= 0.3 is 0 Å². The van der Waals surface area contributed by atoms with E-state index in [-0.39, 0.29) is 23.7 Å². The number of amides is 2. The summed E-state index contributed by atoms with van der Waals surface area (Å²) >= 11 is 6.21. The van der Waals surface area contributed by atoms with E-state index in [4.69, 9.17) is 16.3 Å². The van der Waals surface area contributed by atoms with E-state index in [1.807, 2.05) is 43.3 Å². The third kappa shape index (κ3) is 5.26. The van der Waals surface area contributed by atoms with Crippen LogP contribution in [0.3, 0.4) is 0 Å². The fourth-order valence-corrected chi connectivity index (χ4v) is 4.18. The summed E-state index contributed by atoms with van der Waals surface area (Å²) in [7, 11) is 0. The number of hydrogen-bond donors (Lipinski definition) is 1. The third-order valence-corrected chi connectivity index (χ3v) is 6.51. The first-order chi connectivity index (χ1) is 16.1. The molecule has 5 nitrogen and oxygen atoms in total. The fraction of sp³-hybridized carbons (Fsp3) is 0.286. The lowest BCUT2D eigenvalue weighted by molar-refractivity contribution is -0.122. The second-order valence-corrected chi connectivity index (χ2v) is 10.1. The highest BCUT2D eigenvalue weighted by Crippen LogP contribution is 2.32. The van der Waals surface area contributed by atoms with E-state index in [9.17, 15) is 9.59 Å². The minimum Gasteiger partial charge on any atom is -0.457 e. The lowest BCUT2D eigenvalue weighted by atomic mass is 9.87. The second-order valence-electron chi connectivity index (χ2n) is 9.68. The average molecular weight is 477 g/mol. The molecule has 0 aromatic heterocycles. The Morgan fingerprint density at radius 1 is 1.00 bits per heavy atom. The zero-order valence-corrected chi connectivity index (χ0v) is 20.6. The molecule has 1 N–H and O–H groups in total. The number of nitrogens with zero attached hydrogens (tertiary/aromatic N) is 1. The highest BCUT2D eigenvalue weighted by atomic mass is 35.5. The monoisotopic (exact) mass is 476 g/mol. The molecule has 4 rings (SSSR count). The van der Waals surface area contributed by atoms with Crippen molar-refractivity contribution in [3.05, 3.63) is 82.9 Å². The molecule has 2 amide bonds. The van der Waals surface area contributed by atoms with Crippen molar-refractivity contribution < 1.29 is 14.3 Å². The van der Waals surface area contributed by atoms with Gasteiger partial charge in [-0.15, -0.1) is 0 Å². The first kappa shape index (κ1) is 23.8. The van der Waals surface area contributed by atoms with Crippen LogP contribution in [0.4, 0.5) is 11.4 Å². The molecular formula is C28H29ClN2O3. The molecule has 0 bridgehead atoms. The van der Waals surface area contributed by atoms with Crippen LogP contribution in [-0.4, -0.2) is 18.4 Å². The van der Waals surface area contributed by atoms with E-state index in [1.54, 1.807) is 23.1 Å². The zero-order valence-electron chi connectivity index (χ0n) is 19.9. The van der Waals surface area contributed by atoms with Crippen molar-refractivity contribution in [3.8, 4) is 11.5 Å². The van der Waals surface area contributed by atoms with Gasteiger partial charge in [-0.3, -0.25) is 9.59 Å². The number of halogens is 1. The molecule has 6 heteroatoms. The predicted molar refractivity (Wildman–Crippen MR) is 137 cm³/mol. The Morgan fingerprint density at radius 3 is 2.24 bits per heavy atom. The summed E-state index contributed by atoms with van der Waals surface area (Å²) in [5.74, 6) is 0.752. The first-order valence-electron chi connectivity index (χ1n) is 11.4. The maximum Gasteiger partial charge on any atom is 0.229 e. The minimum absolute atomic E-state index is 0.0771. The van der Waals surface area contributed by atoms with E-state index < -0.39 is 5.92 Å². The number of nitrogens with one attached hydrogen (secondary N) is 1. The Hall–Kier alpha value is -3.31. The van der Waals surface area contributed by atoms with Crippen LogP contribution in [0, 0.1) is 12.8 Å².